The highest BCUT2D eigenvalue weighted by atomic mass is 16.2. The van der Waals surface area contributed by atoms with Crippen molar-refractivity contribution in [2.45, 2.75) is 52.1 Å². The maximum atomic E-state index is 11.9. The molecule has 1 aliphatic heterocycles. The zero-order valence-corrected chi connectivity index (χ0v) is 12.3. The molecule has 2 atom stereocenters. The lowest BCUT2D eigenvalue weighted by Crippen LogP contribution is -2.50. The Morgan fingerprint density at radius 3 is 2.56 bits per heavy atom. The average Bonchev–Trinajstić information content (AvgIpc) is 2.36. The third-order valence-electron chi connectivity index (χ3n) is 4.08. The summed E-state index contributed by atoms with van der Waals surface area (Å²) in [5, 5.41) is 6.46. The summed E-state index contributed by atoms with van der Waals surface area (Å²) < 4.78 is 0. The number of nitrogens with one attached hydrogen (secondary N) is 2. The van der Waals surface area contributed by atoms with Crippen molar-refractivity contribution in [1.82, 2.24) is 15.5 Å². The highest BCUT2D eigenvalue weighted by Gasteiger charge is 2.25. The first-order chi connectivity index (χ1) is 8.60. The van der Waals surface area contributed by atoms with Gasteiger partial charge in [-0.2, -0.15) is 0 Å². The molecule has 1 aliphatic rings. The predicted octanol–water partition coefficient (Wildman–Crippen LogP) is 1.22. The van der Waals surface area contributed by atoms with E-state index in [-0.39, 0.29) is 5.91 Å². The number of hydrogen-bond donors (Lipinski definition) is 2. The number of amides is 1. The average molecular weight is 255 g/mol. The van der Waals surface area contributed by atoms with E-state index in [2.05, 4.69) is 36.3 Å². The van der Waals surface area contributed by atoms with Crippen LogP contribution in [-0.2, 0) is 4.79 Å². The number of rotatable bonds is 6. The second-order valence-corrected chi connectivity index (χ2v) is 5.48. The van der Waals surface area contributed by atoms with Crippen molar-refractivity contribution in [2.75, 3.05) is 26.7 Å². The quantitative estimate of drug-likeness (QED) is 0.750. The summed E-state index contributed by atoms with van der Waals surface area (Å²) in [5.74, 6) is 0.795. The Bertz CT molecular complexity index is 253. The van der Waals surface area contributed by atoms with E-state index in [0.29, 0.717) is 24.5 Å². The fourth-order valence-electron chi connectivity index (χ4n) is 2.77. The van der Waals surface area contributed by atoms with Gasteiger partial charge < -0.3 is 10.6 Å². The van der Waals surface area contributed by atoms with Gasteiger partial charge in [-0.25, -0.2) is 0 Å². The largest absolute Gasteiger partial charge is 0.352 e. The van der Waals surface area contributed by atoms with Crippen LogP contribution in [0.3, 0.4) is 0 Å². The second kappa shape index (κ2) is 7.74. The zero-order valence-electron chi connectivity index (χ0n) is 12.3. The highest BCUT2D eigenvalue weighted by molar-refractivity contribution is 5.78. The molecule has 4 heteroatoms. The van der Waals surface area contributed by atoms with Crippen LogP contribution in [-0.4, -0.2) is 49.6 Å². The lowest BCUT2D eigenvalue weighted by atomic mass is 9.94. The van der Waals surface area contributed by atoms with Gasteiger partial charge >= 0.3 is 0 Å². The van der Waals surface area contributed by atoms with Crippen LogP contribution in [0.4, 0.5) is 0 Å². The van der Waals surface area contributed by atoms with Gasteiger partial charge in [0.1, 0.15) is 0 Å². The maximum absolute atomic E-state index is 11.9. The van der Waals surface area contributed by atoms with Crippen LogP contribution in [0.5, 0.6) is 0 Å². The first-order valence-corrected chi connectivity index (χ1v) is 7.29. The van der Waals surface area contributed by atoms with E-state index in [1.807, 2.05) is 7.05 Å². The van der Waals surface area contributed by atoms with E-state index >= 15 is 0 Å². The Balaban J connectivity index is 2.33. The third kappa shape index (κ3) is 4.58. The number of nitrogens with zero attached hydrogens (tertiary/aromatic N) is 1. The van der Waals surface area contributed by atoms with Crippen LogP contribution in [0.1, 0.15) is 40.0 Å². The lowest BCUT2D eigenvalue weighted by Gasteiger charge is -2.36. The van der Waals surface area contributed by atoms with Gasteiger partial charge in [-0.15, -0.1) is 0 Å². The molecule has 0 aromatic rings. The number of carbonyl (C=O) groups excluding carboxylic acids is 1. The molecule has 0 saturated carbocycles. The minimum Gasteiger partial charge on any atom is -0.352 e. The third-order valence-corrected chi connectivity index (χ3v) is 4.08. The van der Waals surface area contributed by atoms with E-state index in [1.165, 1.54) is 0 Å². The highest BCUT2D eigenvalue weighted by Crippen LogP contribution is 2.15. The van der Waals surface area contributed by atoms with Crippen molar-refractivity contribution in [1.29, 1.82) is 0 Å². The van der Waals surface area contributed by atoms with Gasteiger partial charge in [-0.05, 0) is 32.2 Å². The molecule has 2 unspecified atom stereocenters. The fraction of sp³-hybridized carbons (Fsp3) is 0.929. The van der Waals surface area contributed by atoms with Crippen molar-refractivity contribution in [3.05, 3.63) is 0 Å². The Morgan fingerprint density at radius 1 is 1.39 bits per heavy atom. The summed E-state index contributed by atoms with van der Waals surface area (Å²) in [6.45, 7) is 9.08. The molecule has 1 saturated heterocycles. The van der Waals surface area contributed by atoms with Gasteiger partial charge in [0, 0.05) is 25.2 Å². The van der Waals surface area contributed by atoms with Gasteiger partial charge in [-0.1, -0.05) is 20.8 Å². The standard InChI is InChI=1S/C14H29N3O/c1-5-12(6-2)16-14(18)10-17-8-7-13(15-4)11(3)9-17/h11-13,15H,5-10H2,1-4H3,(H,16,18). The summed E-state index contributed by atoms with van der Waals surface area (Å²) in [4.78, 5) is 14.2. The van der Waals surface area contributed by atoms with Crippen molar-refractivity contribution in [2.24, 2.45) is 5.92 Å². The van der Waals surface area contributed by atoms with Crippen molar-refractivity contribution >= 4 is 5.91 Å². The van der Waals surface area contributed by atoms with Crippen LogP contribution >= 0.6 is 0 Å². The topological polar surface area (TPSA) is 44.4 Å². The van der Waals surface area contributed by atoms with Gasteiger partial charge in [0.2, 0.25) is 5.91 Å². The first kappa shape index (κ1) is 15.4. The smallest absolute Gasteiger partial charge is 0.234 e. The molecular formula is C14H29N3O. The summed E-state index contributed by atoms with van der Waals surface area (Å²) in [6, 6.07) is 0.938. The number of piperidine rings is 1. The molecule has 1 heterocycles. The molecule has 1 amide bonds. The maximum Gasteiger partial charge on any atom is 0.234 e. The minimum absolute atomic E-state index is 0.179. The van der Waals surface area contributed by atoms with Gasteiger partial charge in [-0.3, -0.25) is 9.69 Å². The van der Waals surface area contributed by atoms with E-state index in [9.17, 15) is 4.79 Å². The van der Waals surface area contributed by atoms with Gasteiger partial charge in [0.25, 0.3) is 0 Å². The molecule has 1 rings (SSSR count). The molecule has 106 valence electrons. The van der Waals surface area contributed by atoms with Crippen LogP contribution in [0.15, 0.2) is 0 Å². The zero-order chi connectivity index (χ0) is 13.5. The van der Waals surface area contributed by atoms with Crippen molar-refractivity contribution in [3.8, 4) is 0 Å². The van der Waals surface area contributed by atoms with Crippen LogP contribution in [0, 0.1) is 5.92 Å². The molecule has 0 aromatic carbocycles. The molecule has 0 spiro atoms. The molecule has 0 aromatic heterocycles. The normalized spacial score (nSPS) is 25.4. The summed E-state index contributed by atoms with van der Waals surface area (Å²) >= 11 is 0. The fourth-order valence-corrected chi connectivity index (χ4v) is 2.77. The molecule has 0 radical (unpaired) electrons. The van der Waals surface area contributed by atoms with E-state index in [0.717, 1.165) is 32.4 Å². The van der Waals surface area contributed by atoms with Crippen molar-refractivity contribution < 1.29 is 4.79 Å². The molecule has 0 aliphatic carbocycles. The van der Waals surface area contributed by atoms with Crippen LogP contribution < -0.4 is 10.6 Å². The minimum atomic E-state index is 0.179. The Kier molecular flexibility index (Phi) is 6.65. The van der Waals surface area contributed by atoms with E-state index < -0.39 is 0 Å². The Hall–Kier alpha value is -0.610. The summed E-state index contributed by atoms with van der Waals surface area (Å²) in [7, 11) is 2.02. The summed E-state index contributed by atoms with van der Waals surface area (Å²) in [5.41, 5.74) is 0. The second-order valence-electron chi connectivity index (χ2n) is 5.48. The molecule has 1 fully saturated rings. The van der Waals surface area contributed by atoms with Crippen molar-refractivity contribution in [3.63, 3.8) is 0 Å². The number of likely N-dealkylation sites (tertiary alicyclic amines) is 1. The first-order valence-electron chi connectivity index (χ1n) is 7.29. The molecular weight excluding hydrogens is 226 g/mol. The molecule has 2 N–H and O–H groups in total. The molecule has 4 nitrogen and oxygen atoms in total. The predicted molar refractivity (Wildman–Crippen MR) is 75.6 cm³/mol. The van der Waals surface area contributed by atoms with Crippen LogP contribution in [0.2, 0.25) is 0 Å². The SMILES string of the molecule is CCC(CC)NC(=O)CN1CCC(NC)C(C)C1. The lowest BCUT2D eigenvalue weighted by molar-refractivity contribution is -0.123. The monoisotopic (exact) mass is 255 g/mol. The summed E-state index contributed by atoms with van der Waals surface area (Å²) in [6.07, 6.45) is 3.16. The number of carbonyl (C=O) groups is 1. The molecule has 18 heavy (non-hydrogen) atoms. The Morgan fingerprint density at radius 2 is 2.06 bits per heavy atom. The van der Waals surface area contributed by atoms with E-state index in [1.54, 1.807) is 0 Å². The Labute approximate surface area is 111 Å². The van der Waals surface area contributed by atoms with Gasteiger partial charge in [0.05, 0.1) is 6.54 Å². The number of hydrogen-bond acceptors (Lipinski definition) is 3. The molecule has 0 bridgehead atoms. The van der Waals surface area contributed by atoms with E-state index in [4.69, 9.17) is 0 Å². The van der Waals surface area contributed by atoms with Gasteiger partial charge in [0.15, 0.2) is 0 Å². The van der Waals surface area contributed by atoms with Crippen LogP contribution in [0.25, 0.3) is 0 Å².